The first-order valence-corrected chi connectivity index (χ1v) is 10.6. The summed E-state index contributed by atoms with van der Waals surface area (Å²) in [7, 11) is 0. The number of H-pyrrole nitrogens is 1. The first-order valence-electron chi connectivity index (χ1n) is 10.6. The lowest BCUT2D eigenvalue weighted by Crippen LogP contribution is -2.27. The third-order valence-electron chi connectivity index (χ3n) is 4.47. The molecule has 0 saturated heterocycles. The number of benzene rings is 1. The number of hydrogen-bond donors (Lipinski definition) is 3. The van der Waals surface area contributed by atoms with Gasteiger partial charge < -0.3 is 35.0 Å². The molecule has 0 aliphatic heterocycles. The number of carbonyl (C=O) groups is 1. The monoisotopic (exact) mass is 421 g/mol. The van der Waals surface area contributed by atoms with E-state index in [0.29, 0.717) is 72.4 Å². The van der Waals surface area contributed by atoms with Crippen LogP contribution in [0.25, 0.3) is 10.9 Å². The van der Waals surface area contributed by atoms with Crippen molar-refractivity contribution in [3.63, 3.8) is 0 Å². The number of nitrogens with two attached hydrogens (primary N) is 1. The van der Waals surface area contributed by atoms with Crippen molar-refractivity contribution in [1.82, 2.24) is 10.3 Å². The van der Waals surface area contributed by atoms with Crippen LogP contribution in [0.15, 0.2) is 30.5 Å². The van der Waals surface area contributed by atoms with E-state index in [1.807, 2.05) is 18.3 Å². The van der Waals surface area contributed by atoms with Crippen LogP contribution >= 0.6 is 0 Å². The Morgan fingerprint density at radius 2 is 1.53 bits per heavy atom. The van der Waals surface area contributed by atoms with Gasteiger partial charge in [-0.05, 0) is 24.5 Å². The molecule has 0 fully saturated rings. The number of para-hydroxylation sites is 1. The lowest BCUT2D eigenvalue weighted by atomic mass is 10.1. The van der Waals surface area contributed by atoms with Crippen LogP contribution in [0.3, 0.4) is 0 Å². The van der Waals surface area contributed by atoms with E-state index in [1.165, 1.54) is 10.9 Å². The zero-order valence-electron chi connectivity index (χ0n) is 17.7. The number of nitrogens with one attached hydrogen (secondary N) is 2. The van der Waals surface area contributed by atoms with Gasteiger partial charge in [0.05, 0.1) is 52.9 Å². The summed E-state index contributed by atoms with van der Waals surface area (Å²) in [5.74, 6) is 0.0577. The van der Waals surface area contributed by atoms with Gasteiger partial charge in [0.2, 0.25) is 5.91 Å². The molecule has 8 nitrogen and oxygen atoms in total. The summed E-state index contributed by atoms with van der Waals surface area (Å²) in [6.07, 6.45) is 4.25. The van der Waals surface area contributed by atoms with Gasteiger partial charge in [-0.3, -0.25) is 4.79 Å². The Bertz CT molecular complexity index is 707. The fourth-order valence-corrected chi connectivity index (χ4v) is 2.97. The van der Waals surface area contributed by atoms with Crippen molar-refractivity contribution in [3.05, 3.63) is 36.0 Å². The fourth-order valence-electron chi connectivity index (χ4n) is 2.97. The highest BCUT2D eigenvalue weighted by atomic mass is 16.6. The quantitative estimate of drug-likeness (QED) is 0.316. The molecule has 0 aliphatic carbocycles. The zero-order valence-corrected chi connectivity index (χ0v) is 17.7. The first kappa shape index (κ1) is 24.3. The minimum atomic E-state index is 0.0577. The number of fused-ring (bicyclic) bond motifs is 1. The van der Waals surface area contributed by atoms with Crippen LogP contribution in [0, 0.1) is 0 Å². The third-order valence-corrected chi connectivity index (χ3v) is 4.47. The van der Waals surface area contributed by atoms with Crippen molar-refractivity contribution in [1.29, 1.82) is 0 Å². The molecular formula is C22H35N3O5. The zero-order chi connectivity index (χ0) is 21.3. The van der Waals surface area contributed by atoms with Crippen molar-refractivity contribution in [2.75, 3.05) is 65.9 Å². The summed E-state index contributed by atoms with van der Waals surface area (Å²) in [5, 5.41) is 4.12. The van der Waals surface area contributed by atoms with Crippen molar-refractivity contribution in [2.24, 2.45) is 5.73 Å². The molecule has 0 atom stereocenters. The molecule has 30 heavy (non-hydrogen) atoms. The average molecular weight is 422 g/mol. The van der Waals surface area contributed by atoms with Crippen LogP contribution in [0.5, 0.6) is 0 Å². The predicted octanol–water partition coefficient (Wildman–Crippen LogP) is 1.63. The highest BCUT2D eigenvalue weighted by Crippen LogP contribution is 2.19. The van der Waals surface area contributed by atoms with E-state index >= 15 is 0 Å². The second kappa shape index (κ2) is 15.8. The Hall–Kier alpha value is -1.97. The molecule has 2 aromatic rings. The van der Waals surface area contributed by atoms with E-state index in [-0.39, 0.29) is 5.91 Å². The van der Waals surface area contributed by atoms with E-state index < -0.39 is 0 Å². The lowest BCUT2D eigenvalue weighted by molar-refractivity contribution is -0.121. The van der Waals surface area contributed by atoms with Gasteiger partial charge in [-0.2, -0.15) is 0 Å². The van der Waals surface area contributed by atoms with Gasteiger partial charge in [0.25, 0.3) is 0 Å². The summed E-state index contributed by atoms with van der Waals surface area (Å²) >= 11 is 0. The molecule has 0 saturated carbocycles. The van der Waals surface area contributed by atoms with Crippen molar-refractivity contribution >= 4 is 16.8 Å². The van der Waals surface area contributed by atoms with Gasteiger partial charge in [-0.25, -0.2) is 0 Å². The number of ether oxygens (including phenoxy) is 4. The van der Waals surface area contributed by atoms with Crippen LogP contribution in [0.1, 0.15) is 18.4 Å². The lowest BCUT2D eigenvalue weighted by Gasteiger charge is -2.08. The smallest absolute Gasteiger partial charge is 0.220 e. The molecule has 168 valence electrons. The molecule has 0 unspecified atom stereocenters. The second-order valence-electron chi connectivity index (χ2n) is 6.80. The van der Waals surface area contributed by atoms with Crippen LogP contribution in [-0.4, -0.2) is 76.8 Å². The number of aromatic nitrogens is 1. The number of aromatic amines is 1. The maximum atomic E-state index is 11.9. The minimum Gasteiger partial charge on any atom is -0.378 e. The molecule has 0 spiro atoms. The number of amides is 1. The summed E-state index contributed by atoms with van der Waals surface area (Å²) < 4.78 is 21.4. The Balaban J connectivity index is 1.36. The van der Waals surface area contributed by atoms with E-state index in [0.717, 1.165) is 18.4 Å². The van der Waals surface area contributed by atoms with E-state index in [4.69, 9.17) is 24.7 Å². The molecule has 1 heterocycles. The van der Waals surface area contributed by atoms with E-state index in [2.05, 4.69) is 22.4 Å². The number of hydrogen-bond acceptors (Lipinski definition) is 6. The summed E-state index contributed by atoms with van der Waals surface area (Å²) in [6, 6.07) is 8.22. The standard InChI is InChI=1S/C22H35N3O5/c23-8-10-27-12-14-29-16-17-30-15-13-28-11-9-24-22(26)7-3-4-19-18-25-21-6-2-1-5-20(19)21/h1-2,5-6,18,25H,3-4,7-17,23H2,(H,24,26). The van der Waals surface area contributed by atoms with E-state index in [1.54, 1.807) is 0 Å². The summed E-state index contributed by atoms with van der Waals surface area (Å²) in [6.45, 7) is 5.22. The number of aryl methyl sites for hydroxylation is 1. The third kappa shape index (κ3) is 10.2. The molecule has 1 aromatic heterocycles. The SMILES string of the molecule is NCCOCCOCCOCCOCCNC(=O)CCCc1c[nH]c2ccccc12. The maximum absolute atomic E-state index is 11.9. The van der Waals surface area contributed by atoms with Gasteiger partial charge in [0, 0.05) is 36.6 Å². The van der Waals surface area contributed by atoms with Crippen molar-refractivity contribution in [3.8, 4) is 0 Å². The highest BCUT2D eigenvalue weighted by molar-refractivity contribution is 5.83. The summed E-state index contributed by atoms with van der Waals surface area (Å²) in [4.78, 5) is 15.2. The van der Waals surface area contributed by atoms with E-state index in [9.17, 15) is 4.79 Å². The van der Waals surface area contributed by atoms with Crippen LogP contribution in [0.2, 0.25) is 0 Å². The van der Waals surface area contributed by atoms with Gasteiger partial charge in [0.1, 0.15) is 0 Å². The Labute approximate surface area is 178 Å². The number of carbonyl (C=O) groups excluding carboxylic acids is 1. The van der Waals surface area contributed by atoms with Crippen LogP contribution in [-0.2, 0) is 30.2 Å². The highest BCUT2D eigenvalue weighted by Gasteiger charge is 2.05. The van der Waals surface area contributed by atoms with Crippen molar-refractivity contribution < 1.29 is 23.7 Å². The molecule has 1 aromatic carbocycles. The van der Waals surface area contributed by atoms with Gasteiger partial charge in [0.15, 0.2) is 0 Å². The molecule has 0 radical (unpaired) electrons. The predicted molar refractivity (Wildman–Crippen MR) is 117 cm³/mol. The minimum absolute atomic E-state index is 0.0577. The molecule has 4 N–H and O–H groups in total. The molecule has 0 bridgehead atoms. The molecular weight excluding hydrogens is 386 g/mol. The molecule has 0 aliphatic rings. The molecule has 2 rings (SSSR count). The Morgan fingerprint density at radius 3 is 2.23 bits per heavy atom. The second-order valence-corrected chi connectivity index (χ2v) is 6.80. The van der Waals surface area contributed by atoms with Gasteiger partial charge in [-0.1, -0.05) is 18.2 Å². The normalized spacial score (nSPS) is 11.2. The van der Waals surface area contributed by atoms with Gasteiger partial charge >= 0.3 is 0 Å². The van der Waals surface area contributed by atoms with Crippen LogP contribution < -0.4 is 11.1 Å². The molecule has 8 heteroatoms. The Kier molecular flexibility index (Phi) is 12.8. The van der Waals surface area contributed by atoms with Gasteiger partial charge in [-0.15, -0.1) is 0 Å². The molecule has 1 amide bonds. The van der Waals surface area contributed by atoms with Crippen LogP contribution in [0.4, 0.5) is 0 Å². The topological polar surface area (TPSA) is 108 Å². The summed E-state index contributed by atoms with van der Waals surface area (Å²) in [5.41, 5.74) is 7.71. The largest absolute Gasteiger partial charge is 0.378 e. The average Bonchev–Trinajstić information content (AvgIpc) is 3.17. The fraction of sp³-hybridized carbons (Fsp3) is 0.591. The maximum Gasteiger partial charge on any atom is 0.220 e. The Morgan fingerprint density at radius 1 is 0.900 bits per heavy atom. The van der Waals surface area contributed by atoms with Crippen molar-refractivity contribution in [2.45, 2.75) is 19.3 Å². The number of rotatable bonds is 18. The first-order chi connectivity index (χ1) is 14.8.